The van der Waals surface area contributed by atoms with Crippen molar-refractivity contribution in [3.8, 4) is 0 Å². The maximum atomic E-state index is 13.6. The third-order valence-corrected chi connectivity index (χ3v) is 3.45. The first-order valence-electron chi connectivity index (χ1n) is 6.45. The summed E-state index contributed by atoms with van der Waals surface area (Å²) in [5.41, 5.74) is 1.72. The minimum absolute atomic E-state index is 0.165. The van der Waals surface area contributed by atoms with E-state index >= 15 is 0 Å². The number of carbonyl (C=O) groups is 1. The maximum Gasteiger partial charge on any atom is 0.224 e. The Morgan fingerprint density at radius 1 is 1.19 bits per heavy atom. The molecule has 2 aromatic rings. The highest BCUT2D eigenvalue weighted by atomic mass is 79.9. The van der Waals surface area contributed by atoms with Gasteiger partial charge in [0.25, 0.3) is 0 Å². The Bertz CT molecular complexity index is 650. The molecule has 0 atom stereocenters. The van der Waals surface area contributed by atoms with E-state index in [1.165, 1.54) is 0 Å². The fourth-order valence-corrected chi connectivity index (χ4v) is 2.39. The molecule has 2 nitrogen and oxygen atoms in total. The normalized spacial score (nSPS) is 10.5. The van der Waals surface area contributed by atoms with Gasteiger partial charge in [-0.2, -0.15) is 0 Å². The standard InChI is InChI=1S/C16H14BrF2NO/c1-10-3-2-4-11(7-10)5-6-15(21)20-16-13(18)8-12(17)9-14(16)19/h2-4,7-9H,5-6H2,1H3,(H,20,21). The van der Waals surface area contributed by atoms with Crippen molar-refractivity contribution in [2.75, 3.05) is 5.32 Å². The molecule has 0 fully saturated rings. The number of rotatable bonds is 4. The average Bonchev–Trinajstić information content (AvgIpc) is 2.40. The third-order valence-electron chi connectivity index (χ3n) is 2.99. The van der Waals surface area contributed by atoms with E-state index in [-0.39, 0.29) is 10.9 Å². The third kappa shape index (κ3) is 4.36. The monoisotopic (exact) mass is 353 g/mol. The number of anilines is 1. The van der Waals surface area contributed by atoms with Gasteiger partial charge in [0, 0.05) is 10.9 Å². The van der Waals surface area contributed by atoms with Crippen LogP contribution in [0.2, 0.25) is 0 Å². The van der Waals surface area contributed by atoms with Gasteiger partial charge in [-0.1, -0.05) is 45.8 Å². The molecule has 21 heavy (non-hydrogen) atoms. The minimum atomic E-state index is -0.800. The van der Waals surface area contributed by atoms with Gasteiger partial charge >= 0.3 is 0 Å². The molecule has 0 heterocycles. The van der Waals surface area contributed by atoms with Crippen molar-refractivity contribution >= 4 is 27.5 Å². The summed E-state index contributed by atoms with van der Waals surface area (Å²) in [5, 5.41) is 2.28. The zero-order chi connectivity index (χ0) is 15.4. The van der Waals surface area contributed by atoms with E-state index in [2.05, 4.69) is 21.2 Å². The molecule has 0 aliphatic rings. The van der Waals surface area contributed by atoms with Crippen LogP contribution < -0.4 is 5.32 Å². The lowest BCUT2D eigenvalue weighted by atomic mass is 10.1. The van der Waals surface area contributed by atoms with Gasteiger partial charge in [-0.25, -0.2) is 8.78 Å². The lowest BCUT2D eigenvalue weighted by Crippen LogP contribution is -2.14. The number of aryl methyl sites for hydroxylation is 2. The Balaban J connectivity index is 1.99. The molecule has 0 radical (unpaired) electrons. The second-order valence-electron chi connectivity index (χ2n) is 4.78. The van der Waals surface area contributed by atoms with E-state index in [1.807, 2.05) is 31.2 Å². The molecule has 0 saturated heterocycles. The molecule has 0 aliphatic carbocycles. The zero-order valence-corrected chi connectivity index (χ0v) is 13.0. The summed E-state index contributed by atoms with van der Waals surface area (Å²) in [5.74, 6) is -2.02. The van der Waals surface area contributed by atoms with Crippen LogP contribution in [-0.2, 0) is 11.2 Å². The molecule has 0 bridgehead atoms. The van der Waals surface area contributed by atoms with E-state index in [9.17, 15) is 13.6 Å². The van der Waals surface area contributed by atoms with Crippen molar-refractivity contribution in [3.63, 3.8) is 0 Å². The van der Waals surface area contributed by atoms with E-state index < -0.39 is 23.2 Å². The maximum absolute atomic E-state index is 13.6. The smallest absolute Gasteiger partial charge is 0.224 e. The van der Waals surface area contributed by atoms with Gasteiger partial charge in [-0.3, -0.25) is 4.79 Å². The van der Waals surface area contributed by atoms with E-state index in [4.69, 9.17) is 0 Å². The minimum Gasteiger partial charge on any atom is -0.321 e. The van der Waals surface area contributed by atoms with Gasteiger partial charge in [-0.05, 0) is 31.0 Å². The van der Waals surface area contributed by atoms with Gasteiger partial charge in [0.15, 0.2) is 11.6 Å². The van der Waals surface area contributed by atoms with Crippen LogP contribution >= 0.6 is 15.9 Å². The number of hydrogen-bond acceptors (Lipinski definition) is 1. The Morgan fingerprint density at radius 2 is 1.86 bits per heavy atom. The van der Waals surface area contributed by atoms with Gasteiger partial charge in [0.2, 0.25) is 5.91 Å². The highest BCUT2D eigenvalue weighted by molar-refractivity contribution is 9.10. The van der Waals surface area contributed by atoms with Crippen molar-refractivity contribution in [1.82, 2.24) is 0 Å². The summed E-state index contributed by atoms with van der Waals surface area (Å²) in [7, 11) is 0. The Hall–Kier alpha value is -1.75. The number of carbonyl (C=O) groups excluding carboxylic acids is 1. The summed E-state index contributed by atoms with van der Waals surface area (Å²) in [6.45, 7) is 1.97. The number of nitrogens with one attached hydrogen (secondary N) is 1. The average molecular weight is 354 g/mol. The number of benzene rings is 2. The molecule has 0 aliphatic heterocycles. The molecule has 110 valence electrons. The molecule has 1 N–H and O–H groups in total. The summed E-state index contributed by atoms with van der Waals surface area (Å²) < 4.78 is 27.5. The lowest BCUT2D eigenvalue weighted by molar-refractivity contribution is -0.116. The van der Waals surface area contributed by atoms with E-state index in [1.54, 1.807) is 0 Å². The van der Waals surface area contributed by atoms with Crippen LogP contribution in [0.4, 0.5) is 14.5 Å². The van der Waals surface area contributed by atoms with Crippen LogP contribution in [-0.4, -0.2) is 5.91 Å². The number of amides is 1. The molecular formula is C16H14BrF2NO. The van der Waals surface area contributed by atoms with Crippen molar-refractivity contribution in [2.24, 2.45) is 0 Å². The Kier molecular flexibility index (Phi) is 5.07. The first-order valence-corrected chi connectivity index (χ1v) is 7.25. The van der Waals surface area contributed by atoms with Crippen molar-refractivity contribution < 1.29 is 13.6 Å². The second-order valence-corrected chi connectivity index (χ2v) is 5.70. The molecule has 2 aromatic carbocycles. The molecule has 5 heteroatoms. The summed E-state index contributed by atoms with van der Waals surface area (Å²) in [4.78, 5) is 11.8. The van der Waals surface area contributed by atoms with E-state index in [0.29, 0.717) is 6.42 Å². The van der Waals surface area contributed by atoms with Crippen molar-refractivity contribution in [2.45, 2.75) is 19.8 Å². The summed E-state index contributed by atoms with van der Waals surface area (Å²) in [6.07, 6.45) is 0.686. The first-order chi connectivity index (χ1) is 9.95. The van der Waals surface area contributed by atoms with Crippen LogP contribution in [0.5, 0.6) is 0 Å². The number of halogens is 3. The fraction of sp³-hybridized carbons (Fsp3) is 0.188. The SMILES string of the molecule is Cc1cccc(CCC(=O)Nc2c(F)cc(Br)cc2F)c1. The molecule has 1 amide bonds. The topological polar surface area (TPSA) is 29.1 Å². The highest BCUT2D eigenvalue weighted by Crippen LogP contribution is 2.24. The predicted molar refractivity (Wildman–Crippen MR) is 82.2 cm³/mol. The van der Waals surface area contributed by atoms with Gasteiger partial charge in [0.05, 0.1) is 0 Å². The quantitative estimate of drug-likeness (QED) is 0.854. The van der Waals surface area contributed by atoms with E-state index in [0.717, 1.165) is 23.3 Å². The Labute approximate surface area is 130 Å². The molecule has 0 aromatic heterocycles. The van der Waals surface area contributed by atoms with Crippen LogP contribution in [0.3, 0.4) is 0 Å². The molecule has 0 unspecified atom stereocenters. The van der Waals surface area contributed by atoms with Crippen molar-refractivity contribution in [1.29, 1.82) is 0 Å². The van der Waals surface area contributed by atoms with Gasteiger partial charge < -0.3 is 5.32 Å². The predicted octanol–water partition coefficient (Wildman–Crippen LogP) is 4.61. The molecular weight excluding hydrogens is 340 g/mol. The molecule has 0 spiro atoms. The summed E-state index contributed by atoms with van der Waals surface area (Å²) >= 11 is 2.99. The largest absolute Gasteiger partial charge is 0.321 e. The lowest BCUT2D eigenvalue weighted by Gasteiger charge is -2.08. The van der Waals surface area contributed by atoms with Crippen LogP contribution in [0.25, 0.3) is 0 Å². The number of hydrogen-bond donors (Lipinski definition) is 1. The highest BCUT2D eigenvalue weighted by Gasteiger charge is 2.13. The molecule has 2 rings (SSSR count). The molecule has 0 saturated carbocycles. The second kappa shape index (κ2) is 6.80. The van der Waals surface area contributed by atoms with Crippen LogP contribution in [0.15, 0.2) is 40.9 Å². The zero-order valence-electron chi connectivity index (χ0n) is 11.4. The van der Waals surface area contributed by atoms with Gasteiger partial charge in [0.1, 0.15) is 5.69 Å². The summed E-state index contributed by atoms with van der Waals surface area (Å²) in [6, 6.07) is 10.0. The van der Waals surface area contributed by atoms with Crippen LogP contribution in [0, 0.1) is 18.6 Å². The van der Waals surface area contributed by atoms with Crippen LogP contribution in [0.1, 0.15) is 17.5 Å². The van der Waals surface area contributed by atoms with Crippen molar-refractivity contribution in [3.05, 3.63) is 63.6 Å². The fourth-order valence-electron chi connectivity index (χ4n) is 1.99. The Morgan fingerprint density at radius 3 is 2.48 bits per heavy atom. The first kappa shape index (κ1) is 15.6. The van der Waals surface area contributed by atoms with Gasteiger partial charge in [-0.15, -0.1) is 0 Å².